The largest absolute Gasteiger partial charge is 0.370 e. The van der Waals surface area contributed by atoms with Gasteiger partial charge in [0.1, 0.15) is 0 Å². The Morgan fingerprint density at radius 2 is 2.20 bits per heavy atom. The molecule has 1 rings (SSSR count). The van der Waals surface area contributed by atoms with Crippen molar-refractivity contribution in [1.29, 1.82) is 0 Å². The highest BCUT2D eigenvalue weighted by atomic mass is 32.2. The van der Waals surface area contributed by atoms with Gasteiger partial charge in [-0.2, -0.15) is 0 Å². The van der Waals surface area contributed by atoms with Gasteiger partial charge in [0.2, 0.25) is 5.91 Å². The number of hydrogen-bond donors (Lipinski definition) is 2. The number of nitrogens with one attached hydrogen (secondary N) is 1. The van der Waals surface area contributed by atoms with Crippen LogP contribution >= 0.6 is 0 Å². The van der Waals surface area contributed by atoms with Crippen LogP contribution in [0.5, 0.6) is 0 Å². The monoisotopic (exact) mass is 234 g/mol. The Morgan fingerprint density at radius 1 is 1.60 bits per heavy atom. The first-order valence-electron chi connectivity index (χ1n) is 4.98. The van der Waals surface area contributed by atoms with E-state index in [2.05, 4.69) is 5.32 Å². The summed E-state index contributed by atoms with van der Waals surface area (Å²) < 4.78 is 23.2. The summed E-state index contributed by atoms with van der Waals surface area (Å²) in [6, 6.07) is 0. The molecule has 5 nitrogen and oxygen atoms in total. The molecule has 0 aromatic rings. The minimum Gasteiger partial charge on any atom is -0.370 e. The molecule has 1 amide bonds. The van der Waals surface area contributed by atoms with Crippen molar-refractivity contribution in [2.24, 2.45) is 5.73 Å². The Kier molecular flexibility index (Phi) is 3.40. The summed E-state index contributed by atoms with van der Waals surface area (Å²) in [5.74, 6) is -0.458. The normalized spacial score (nSPS) is 31.7. The number of carbonyl (C=O) groups is 1. The van der Waals surface area contributed by atoms with E-state index in [4.69, 9.17) is 5.73 Å². The number of rotatable bonds is 4. The van der Waals surface area contributed by atoms with Crippen LogP contribution in [0.1, 0.15) is 25.7 Å². The van der Waals surface area contributed by atoms with Crippen molar-refractivity contribution in [3.8, 4) is 0 Å². The molecular formula is C9H18N2O3S. The third kappa shape index (κ3) is 2.49. The number of amides is 1. The minimum absolute atomic E-state index is 0.0846. The van der Waals surface area contributed by atoms with E-state index in [0.29, 0.717) is 12.8 Å². The predicted octanol–water partition coefficient (Wildman–Crippen LogP) is -0.583. The van der Waals surface area contributed by atoms with Crippen LogP contribution in [0.4, 0.5) is 0 Å². The Bertz CT molecular complexity index is 352. The van der Waals surface area contributed by atoms with E-state index in [-0.39, 0.29) is 6.42 Å². The van der Waals surface area contributed by atoms with Crippen LogP contribution < -0.4 is 11.1 Å². The molecule has 6 heteroatoms. The van der Waals surface area contributed by atoms with Gasteiger partial charge in [0.25, 0.3) is 0 Å². The summed E-state index contributed by atoms with van der Waals surface area (Å²) in [4.78, 5) is 11.0. The zero-order valence-electron chi connectivity index (χ0n) is 9.12. The van der Waals surface area contributed by atoms with E-state index < -0.39 is 26.5 Å². The van der Waals surface area contributed by atoms with Gasteiger partial charge in [-0.15, -0.1) is 0 Å². The average molecular weight is 234 g/mol. The van der Waals surface area contributed by atoms with Gasteiger partial charge in [0.05, 0.1) is 5.25 Å². The van der Waals surface area contributed by atoms with Crippen LogP contribution in [0.3, 0.4) is 0 Å². The van der Waals surface area contributed by atoms with Crippen molar-refractivity contribution in [2.75, 3.05) is 13.3 Å². The third-order valence-corrected chi connectivity index (χ3v) is 4.93. The molecule has 0 aromatic heterocycles. The summed E-state index contributed by atoms with van der Waals surface area (Å²) in [5.41, 5.74) is 4.51. The smallest absolute Gasteiger partial charge is 0.219 e. The fourth-order valence-corrected chi connectivity index (χ4v) is 4.28. The second-order valence-electron chi connectivity index (χ2n) is 4.26. The second-order valence-corrected chi connectivity index (χ2v) is 6.49. The fourth-order valence-electron chi connectivity index (χ4n) is 2.55. The van der Waals surface area contributed by atoms with E-state index >= 15 is 0 Å². The lowest BCUT2D eigenvalue weighted by Gasteiger charge is -2.33. The number of nitrogens with two attached hydrogens (primary N) is 1. The van der Waals surface area contributed by atoms with Crippen molar-refractivity contribution < 1.29 is 13.2 Å². The van der Waals surface area contributed by atoms with Gasteiger partial charge in [-0.25, -0.2) is 8.42 Å². The molecular weight excluding hydrogens is 216 g/mol. The van der Waals surface area contributed by atoms with Crippen LogP contribution in [-0.2, 0) is 14.6 Å². The van der Waals surface area contributed by atoms with E-state index in [1.54, 1.807) is 7.05 Å². The average Bonchev–Trinajstić information content (AvgIpc) is 2.47. The van der Waals surface area contributed by atoms with Gasteiger partial charge in [-0.3, -0.25) is 4.79 Å². The Morgan fingerprint density at radius 3 is 2.60 bits per heavy atom. The minimum atomic E-state index is -3.14. The Hall–Kier alpha value is -0.620. The molecule has 2 atom stereocenters. The molecule has 0 spiro atoms. The SMILES string of the molecule is CNC1(CC(N)=O)CCCC1S(C)(=O)=O. The van der Waals surface area contributed by atoms with Gasteiger partial charge in [0, 0.05) is 18.2 Å². The molecule has 2 unspecified atom stereocenters. The van der Waals surface area contributed by atoms with E-state index in [0.717, 1.165) is 6.42 Å². The van der Waals surface area contributed by atoms with Crippen LogP contribution in [0.25, 0.3) is 0 Å². The predicted molar refractivity (Wildman–Crippen MR) is 58.1 cm³/mol. The lowest BCUT2D eigenvalue weighted by molar-refractivity contribution is -0.119. The second kappa shape index (κ2) is 4.09. The zero-order chi connectivity index (χ0) is 11.7. The summed E-state index contributed by atoms with van der Waals surface area (Å²) in [6.07, 6.45) is 3.40. The summed E-state index contributed by atoms with van der Waals surface area (Å²) in [6.45, 7) is 0. The summed E-state index contributed by atoms with van der Waals surface area (Å²) in [7, 11) is -1.45. The van der Waals surface area contributed by atoms with Crippen LogP contribution in [0.15, 0.2) is 0 Å². The van der Waals surface area contributed by atoms with E-state index in [9.17, 15) is 13.2 Å². The van der Waals surface area contributed by atoms with Crippen molar-refractivity contribution in [2.45, 2.75) is 36.5 Å². The highest BCUT2D eigenvalue weighted by Crippen LogP contribution is 2.36. The maximum atomic E-state index is 11.6. The van der Waals surface area contributed by atoms with Gasteiger partial charge in [-0.05, 0) is 19.9 Å². The standard InChI is InChI=1S/C9H18N2O3S/c1-11-9(6-8(10)12)5-3-4-7(9)15(2,13)14/h7,11H,3-6H2,1-2H3,(H2,10,12). The zero-order valence-corrected chi connectivity index (χ0v) is 9.93. The Balaban J connectivity index is 3.01. The first-order valence-corrected chi connectivity index (χ1v) is 6.93. The Labute approximate surface area is 90.3 Å². The van der Waals surface area contributed by atoms with Crippen molar-refractivity contribution in [3.05, 3.63) is 0 Å². The molecule has 0 aliphatic heterocycles. The molecule has 0 aromatic carbocycles. The molecule has 0 bridgehead atoms. The first kappa shape index (κ1) is 12.4. The van der Waals surface area contributed by atoms with Gasteiger partial charge >= 0.3 is 0 Å². The van der Waals surface area contributed by atoms with Crippen LogP contribution in [0.2, 0.25) is 0 Å². The number of hydrogen-bond acceptors (Lipinski definition) is 4. The van der Waals surface area contributed by atoms with E-state index in [1.807, 2.05) is 0 Å². The third-order valence-electron chi connectivity index (χ3n) is 3.21. The van der Waals surface area contributed by atoms with Crippen LogP contribution in [-0.4, -0.2) is 38.4 Å². The van der Waals surface area contributed by atoms with E-state index in [1.165, 1.54) is 6.26 Å². The molecule has 1 aliphatic carbocycles. The van der Waals surface area contributed by atoms with Crippen molar-refractivity contribution in [1.82, 2.24) is 5.32 Å². The molecule has 0 heterocycles. The highest BCUT2D eigenvalue weighted by Gasteiger charge is 2.47. The van der Waals surface area contributed by atoms with Crippen molar-refractivity contribution in [3.63, 3.8) is 0 Å². The highest BCUT2D eigenvalue weighted by molar-refractivity contribution is 7.91. The number of carbonyl (C=O) groups excluding carboxylic acids is 1. The van der Waals surface area contributed by atoms with Crippen LogP contribution in [0, 0.1) is 0 Å². The van der Waals surface area contributed by atoms with Gasteiger partial charge in [0.15, 0.2) is 9.84 Å². The number of sulfone groups is 1. The summed E-state index contributed by atoms with van der Waals surface area (Å²) in [5, 5.41) is 2.49. The molecule has 88 valence electrons. The van der Waals surface area contributed by atoms with Gasteiger partial charge < -0.3 is 11.1 Å². The maximum Gasteiger partial charge on any atom is 0.219 e. The van der Waals surface area contributed by atoms with Crippen molar-refractivity contribution >= 4 is 15.7 Å². The molecule has 0 saturated heterocycles. The molecule has 1 aliphatic rings. The maximum absolute atomic E-state index is 11.6. The molecule has 0 radical (unpaired) electrons. The first-order chi connectivity index (χ1) is 6.82. The lowest BCUT2D eigenvalue weighted by atomic mass is 9.93. The molecule has 15 heavy (non-hydrogen) atoms. The molecule has 1 fully saturated rings. The fraction of sp³-hybridized carbons (Fsp3) is 0.889. The van der Waals surface area contributed by atoms with Gasteiger partial charge in [-0.1, -0.05) is 6.42 Å². The molecule has 3 N–H and O–H groups in total. The topological polar surface area (TPSA) is 89.3 Å². The molecule has 1 saturated carbocycles. The summed E-state index contributed by atoms with van der Waals surface area (Å²) >= 11 is 0. The number of primary amides is 1. The quantitative estimate of drug-likeness (QED) is 0.681. The lowest BCUT2D eigenvalue weighted by Crippen LogP contribution is -2.54.